The molecular formula is C29H28N4O2. The number of carbonyl (C=O) groups excluding carboxylic acids is 2. The molecule has 0 radical (unpaired) electrons. The summed E-state index contributed by atoms with van der Waals surface area (Å²) in [6.45, 7) is 2.43. The number of nitrogens with zero attached hydrogens (tertiary/aromatic N) is 4. The van der Waals surface area contributed by atoms with E-state index < -0.39 is 0 Å². The van der Waals surface area contributed by atoms with Gasteiger partial charge in [0.05, 0.1) is 11.0 Å². The maximum atomic E-state index is 12.9. The number of hydrogen-bond donors (Lipinski definition) is 0. The van der Waals surface area contributed by atoms with E-state index in [1.807, 2.05) is 76.7 Å². The molecule has 0 unspecified atom stereocenters. The molecule has 6 heteroatoms. The molecule has 0 bridgehead atoms. The van der Waals surface area contributed by atoms with Crippen molar-refractivity contribution in [3.8, 4) is 0 Å². The van der Waals surface area contributed by atoms with Gasteiger partial charge >= 0.3 is 0 Å². The zero-order valence-corrected chi connectivity index (χ0v) is 19.6. The molecule has 2 aromatic heterocycles. The Kier molecular flexibility index (Phi) is 6.80. The maximum absolute atomic E-state index is 12.9. The number of hydrogen-bond acceptors (Lipinski definition) is 4. The summed E-state index contributed by atoms with van der Waals surface area (Å²) in [5.74, 6) is 0.0972. The Balaban J connectivity index is 1.14. The average molecular weight is 465 g/mol. The molecule has 0 aliphatic carbocycles. The zero-order chi connectivity index (χ0) is 24.0. The van der Waals surface area contributed by atoms with Crippen LogP contribution in [0.1, 0.15) is 24.0 Å². The number of fused-ring (bicyclic) bond motifs is 2. The Morgan fingerprint density at radius 2 is 1.46 bits per heavy atom. The number of pyridine rings is 2. The highest BCUT2D eigenvalue weighted by Crippen LogP contribution is 2.16. The fourth-order valence-corrected chi connectivity index (χ4v) is 4.50. The molecule has 1 fully saturated rings. The van der Waals surface area contributed by atoms with Crippen LogP contribution in [0.5, 0.6) is 0 Å². The Morgan fingerprint density at radius 1 is 0.800 bits per heavy atom. The minimum absolute atomic E-state index is 0.0327. The van der Waals surface area contributed by atoms with E-state index in [0.29, 0.717) is 39.0 Å². The average Bonchev–Trinajstić information content (AvgIpc) is 3.17. The maximum Gasteiger partial charge on any atom is 0.246 e. The molecule has 176 valence electrons. The number of aromatic nitrogens is 2. The highest BCUT2D eigenvalue weighted by molar-refractivity contribution is 5.92. The lowest BCUT2D eigenvalue weighted by molar-refractivity contribution is -0.132. The third-order valence-electron chi connectivity index (χ3n) is 6.46. The van der Waals surface area contributed by atoms with Crippen molar-refractivity contribution < 1.29 is 9.59 Å². The van der Waals surface area contributed by atoms with E-state index in [4.69, 9.17) is 0 Å². The SMILES string of the molecule is O=C(C=Cc1cnc2ccccc2c1)N1CCCN(C(=O)CCc2cnc3ccccc3c2)CC1. The summed E-state index contributed by atoms with van der Waals surface area (Å²) in [6, 6.07) is 20.1. The fourth-order valence-electron chi connectivity index (χ4n) is 4.50. The van der Waals surface area contributed by atoms with Crippen LogP contribution in [0.25, 0.3) is 27.9 Å². The smallest absolute Gasteiger partial charge is 0.246 e. The minimum atomic E-state index is -0.0327. The van der Waals surface area contributed by atoms with Gasteiger partial charge in [-0.15, -0.1) is 0 Å². The Bertz CT molecular complexity index is 1400. The molecule has 6 nitrogen and oxygen atoms in total. The monoisotopic (exact) mass is 464 g/mol. The van der Waals surface area contributed by atoms with Crippen molar-refractivity contribution in [2.24, 2.45) is 0 Å². The van der Waals surface area contributed by atoms with Crippen LogP contribution in [0.2, 0.25) is 0 Å². The van der Waals surface area contributed by atoms with Crippen molar-refractivity contribution in [2.45, 2.75) is 19.3 Å². The van der Waals surface area contributed by atoms with E-state index in [2.05, 4.69) is 16.0 Å². The number of aryl methyl sites for hydroxylation is 1. The van der Waals surface area contributed by atoms with Gasteiger partial charge < -0.3 is 9.80 Å². The Morgan fingerprint density at radius 3 is 2.26 bits per heavy atom. The summed E-state index contributed by atoms with van der Waals surface area (Å²) in [5, 5.41) is 2.14. The predicted molar refractivity (Wildman–Crippen MR) is 139 cm³/mol. The summed E-state index contributed by atoms with van der Waals surface area (Å²) < 4.78 is 0. The molecule has 1 saturated heterocycles. The molecule has 5 rings (SSSR count). The van der Waals surface area contributed by atoms with Crippen molar-refractivity contribution >= 4 is 39.7 Å². The summed E-state index contributed by atoms with van der Waals surface area (Å²) >= 11 is 0. The van der Waals surface area contributed by atoms with Crippen LogP contribution >= 0.6 is 0 Å². The summed E-state index contributed by atoms with van der Waals surface area (Å²) in [5.41, 5.74) is 3.86. The van der Waals surface area contributed by atoms with Gasteiger partial charge in [0.1, 0.15) is 0 Å². The first-order valence-electron chi connectivity index (χ1n) is 12.1. The Hall–Kier alpha value is -4.06. The lowest BCUT2D eigenvalue weighted by atomic mass is 10.1. The third kappa shape index (κ3) is 5.54. The molecule has 1 aliphatic rings. The van der Waals surface area contributed by atoms with Gasteiger partial charge in [-0.1, -0.05) is 36.4 Å². The van der Waals surface area contributed by atoms with Gasteiger partial charge in [0.25, 0.3) is 0 Å². The first-order chi connectivity index (χ1) is 17.2. The summed E-state index contributed by atoms with van der Waals surface area (Å²) in [4.78, 5) is 38.3. The minimum Gasteiger partial charge on any atom is -0.341 e. The lowest BCUT2D eigenvalue weighted by Gasteiger charge is -2.21. The van der Waals surface area contributed by atoms with E-state index in [9.17, 15) is 9.59 Å². The molecule has 1 aliphatic heterocycles. The van der Waals surface area contributed by atoms with E-state index in [1.54, 1.807) is 12.3 Å². The zero-order valence-electron chi connectivity index (χ0n) is 19.6. The largest absolute Gasteiger partial charge is 0.341 e. The van der Waals surface area contributed by atoms with Crippen molar-refractivity contribution in [1.29, 1.82) is 0 Å². The third-order valence-corrected chi connectivity index (χ3v) is 6.46. The predicted octanol–water partition coefficient (Wildman–Crippen LogP) is 4.49. The molecule has 0 saturated carbocycles. The standard InChI is InChI=1S/C29H28N4O2/c34-28(12-10-22-18-24-6-1-3-8-26(24)30-20-22)32-14-5-15-33(17-16-32)29(35)13-11-23-19-25-7-2-4-9-27(25)31-21-23/h1-4,6-10,12,18-21H,5,11,13-17H2. The van der Waals surface area contributed by atoms with Gasteiger partial charge in [-0.2, -0.15) is 0 Å². The quantitative estimate of drug-likeness (QED) is 0.408. The van der Waals surface area contributed by atoms with Gasteiger partial charge in [-0.3, -0.25) is 19.6 Å². The van der Waals surface area contributed by atoms with Crippen LogP contribution in [0.3, 0.4) is 0 Å². The van der Waals surface area contributed by atoms with Crippen LogP contribution in [-0.2, 0) is 16.0 Å². The topological polar surface area (TPSA) is 66.4 Å². The molecule has 35 heavy (non-hydrogen) atoms. The lowest BCUT2D eigenvalue weighted by Crippen LogP contribution is -2.36. The Labute approximate surface area is 204 Å². The van der Waals surface area contributed by atoms with Gasteiger partial charge in [-0.25, -0.2) is 0 Å². The van der Waals surface area contributed by atoms with Gasteiger partial charge in [-0.05, 0) is 54.3 Å². The molecule has 0 N–H and O–H groups in total. The molecule has 4 aromatic rings. The molecule has 3 heterocycles. The number of benzene rings is 2. The molecular weight excluding hydrogens is 436 g/mol. The summed E-state index contributed by atoms with van der Waals surface area (Å²) in [6.07, 6.45) is 8.95. The molecule has 2 aromatic carbocycles. The van der Waals surface area contributed by atoms with Gasteiger partial charge in [0.2, 0.25) is 11.8 Å². The van der Waals surface area contributed by atoms with Crippen molar-refractivity contribution in [3.05, 3.63) is 90.3 Å². The van der Waals surface area contributed by atoms with Crippen LogP contribution in [0, 0.1) is 0 Å². The number of rotatable bonds is 5. The number of amides is 2. The van der Waals surface area contributed by atoms with Crippen LogP contribution < -0.4 is 0 Å². The van der Waals surface area contributed by atoms with Crippen molar-refractivity contribution in [2.75, 3.05) is 26.2 Å². The molecule has 0 atom stereocenters. The van der Waals surface area contributed by atoms with E-state index in [0.717, 1.165) is 39.4 Å². The molecule has 0 spiro atoms. The fraction of sp³-hybridized carbons (Fsp3) is 0.241. The van der Waals surface area contributed by atoms with E-state index in [1.165, 1.54) is 0 Å². The number of para-hydroxylation sites is 2. The second kappa shape index (κ2) is 10.5. The molecule has 2 amide bonds. The van der Waals surface area contributed by atoms with Gasteiger partial charge in [0.15, 0.2) is 0 Å². The van der Waals surface area contributed by atoms with Crippen LogP contribution in [0.15, 0.2) is 79.1 Å². The first kappa shape index (κ1) is 22.7. The van der Waals surface area contributed by atoms with Crippen LogP contribution in [-0.4, -0.2) is 57.8 Å². The normalized spacial score (nSPS) is 14.5. The summed E-state index contributed by atoms with van der Waals surface area (Å²) in [7, 11) is 0. The van der Waals surface area contributed by atoms with Crippen molar-refractivity contribution in [1.82, 2.24) is 19.8 Å². The highest BCUT2D eigenvalue weighted by Gasteiger charge is 2.21. The van der Waals surface area contributed by atoms with Gasteiger partial charge in [0, 0.05) is 61.8 Å². The first-order valence-corrected chi connectivity index (χ1v) is 12.1. The van der Waals surface area contributed by atoms with Crippen LogP contribution in [0.4, 0.5) is 0 Å². The second-order valence-corrected chi connectivity index (χ2v) is 8.89. The van der Waals surface area contributed by atoms with E-state index >= 15 is 0 Å². The van der Waals surface area contributed by atoms with Crippen molar-refractivity contribution in [3.63, 3.8) is 0 Å². The second-order valence-electron chi connectivity index (χ2n) is 8.89. The number of carbonyl (C=O) groups is 2. The van der Waals surface area contributed by atoms with E-state index in [-0.39, 0.29) is 11.8 Å². The highest BCUT2D eigenvalue weighted by atomic mass is 16.2.